The van der Waals surface area contributed by atoms with Crippen molar-refractivity contribution in [2.24, 2.45) is 11.8 Å². The summed E-state index contributed by atoms with van der Waals surface area (Å²) in [7, 11) is 1.62. The maximum atomic E-state index is 13.6. The van der Waals surface area contributed by atoms with E-state index in [1.165, 1.54) is 12.5 Å². The Morgan fingerprint density at radius 3 is 2.43 bits per heavy atom. The second kappa shape index (κ2) is 9.23. The molecule has 2 aliphatic heterocycles. The normalized spacial score (nSPS) is 25.5. The average Bonchev–Trinajstić information content (AvgIpc) is 2.67. The molecular weight excluding hydrogens is 357 g/mol. The molecule has 2 fully saturated rings. The van der Waals surface area contributed by atoms with E-state index in [1.807, 2.05) is 6.92 Å². The highest BCUT2D eigenvalue weighted by atomic mass is 19.1. The summed E-state index contributed by atoms with van der Waals surface area (Å²) in [5.41, 5.74) is 0.872. The highest BCUT2D eigenvalue weighted by molar-refractivity contribution is 5.81. The first-order valence-corrected chi connectivity index (χ1v) is 10.4. The van der Waals surface area contributed by atoms with Gasteiger partial charge in [-0.25, -0.2) is 4.39 Å². The second-order valence-corrected chi connectivity index (χ2v) is 8.63. The molecule has 2 heterocycles. The number of hydrogen-bond acceptors (Lipinski definition) is 4. The molecule has 5 nitrogen and oxygen atoms in total. The molecule has 1 amide bonds. The van der Waals surface area contributed by atoms with E-state index < -0.39 is 0 Å². The molecule has 2 saturated heterocycles. The highest BCUT2D eigenvalue weighted by Crippen LogP contribution is 2.24. The standard InChI is InChI=1S/C22H34FN3O2/c1-16-11-17(2)14-26(13-16)22(27)18(3)25-9-7-24(8-10-25)15-19-12-20(23)5-6-21(19)28-4/h5-6,12,16-18H,7-11,13-15H2,1-4H3/t16-,17-,18-/m1/s1. The number of carbonyl (C=O) groups excluding carboxylic acids is 1. The quantitative estimate of drug-likeness (QED) is 0.773. The fourth-order valence-electron chi connectivity index (χ4n) is 4.68. The monoisotopic (exact) mass is 391 g/mol. The predicted octanol–water partition coefficient (Wildman–Crippen LogP) is 2.84. The van der Waals surface area contributed by atoms with Crippen LogP contribution in [0.4, 0.5) is 4.39 Å². The third-order valence-corrected chi connectivity index (χ3v) is 6.13. The summed E-state index contributed by atoms with van der Waals surface area (Å²) in [6.07, 6.45) is 1.21. The van der Waals surface area contributed by atoms with Crippen LogP contribution in [0.3, 0.4) is 0 Å². The summed E-state index contributed by atoms with van der Waals surface area (Å²) in [6.45, 7) is 12.4. The van der Waals surface area contributed by atoms with Crippen LogP contribution in [0, 0.1) is 17.7 Å². The maximum absolute atomic E-state index is 13.6. The second-order valence-electron chi connectivity index (χ2n) is 8.63. The van der Waals surface area contributed by atoms with Crippen molar-refractivity contribution in [3.05, 3.63) is 29.6 Å². The summed E-state index contributed by atoms with van der Waals surface area (Å²) in [5, 5.41) is 0. The van der Waals surface area contributed by atoms with Gasteiger partial charge in [-0.05, 0) is 43.4 Å². The van der Waals surface area contributed by atoms with E-state index in [2.05, 4.69) is 28.5 Å². The minimum atomic E-state index is -0.237. The van der Waals surface area contributed by atoms with Crippen molar-refractivity contribution in [1.82, 2.24) is 14.7 Å². The Hall–Kier alpha value is -1.66. The number of nitrogens with zero attached hydrogens (tertiary/aromatic N) is 3. The van der Waals surface area contributed by atoms with Gasteiger partial charge in [-0.3, -0.25) is 14.6 Å². The molecule has 1 aromatic rings. The molecule has 0 saturated carbocycles. The molecule has 1 aromatic carbocycles. The molecular formula is C22H34FN3O2. The largest absolute Gasteiger partial charge is 0.496 e. The first-order valence-electron chi connectivity index (χ1n) is 10.4. The number of amides is 1. The molecule has 156 valence electrons. The Bertz CT molecular complexity index is 666. The fraction of sp³-hybridized carbons (Fsp3) is 0.682. The Kier molecular flexibility index (Phi) is 6.94. The number of hydrogen-bond donors (Lipinski definition) is 0. The molecule has 0 N–H and O–H groups in total. The number of halogens is 1. The van der Waals surface area contributed by atoms with Crippen molar-refractivity contribution in [2.45, 2.75) is 39.8 Å². The zero-order valence-electron chi connectivity index (χ0n) is 17.7. The first-order chi connectivity index (χ1) is 13.4. The van der Waals surface area contributed by atoms with Crippen molar-refractivity contribution in [2.75, 3.05) is 46.4 Å². The number of piperazine rings is 1. The molecule has 0 unspecified atom stereocenters. The van der Waals surface area contributed by atoms with E-state index in [0.29, 0.717) is 18.4 Å². The van der Waals surface area contributed by atoms with Crippen LogP contribution in [0.15, 0.2) is 18.2 Å². The van der Waals surface area contributed by atoms with Crippen LogP contribution in [0.2, 0.25) is 0 Å². The minimum Gasteiger partial charge on any atom is -0.496 e. The van der Waals surface area contributed by atoms with Gasteiger partial charge in [0.2, 0.25) is 5.91 Å². The molecule has 0 aliphatic carbocycles. The van der Waals surface area contributed by atoms with Gasteiger partial charge in [0.05, 0.1) is 13.2 Å². The van der Waals surface area contributed by atoms with Crippen molar-refractivity contribution in [3.8, 4) is 5.75 Å². The summed E-state index contributed by atoms with van der Waals surface area (Å²) < 4.78 is 19.0. The van der Waals surface area contributed by atoms with Gasteiger partial charge in [0, 0.05) is 51.4 Å². The van der Waals surface area contributed by atoms with Crippen LogP contribution in [-0.2, 0) is 11.3 Å². The molecule has 0 spiro atoms. The van der Waals surface area contributed by atoms with Crippen LogP contribution in [0.5, 0.6) is 5.75 Å². The molecule has 28 heavy (non-hydrogen) atoms. The minimum absolute atomic E-state index is 0.0802. The summed E-state index contributed by atoms with van der Waals surface area (Å²) in [6, 6.07) is 4.58. The predicted molar refractivity (Wildman–Crippen MR) is 109 cm³/mol. The SMILES string of the molecule is COc1ccc(F)cc1CN1CCN([C@H](C)C(=O)N2C[C@H](C)C[C@@H](C)C2)CC1. The van der Waals surface area contributed by atoms with Crippen LogP contribution < -0.4 is 4.74 Å². The van der Waals surface area contributed by atoms with Crippen molar-refractivity contribution >= 4 is 5.91 Å². The zero-order valence-corrected chi connectivity index (χ0v) is 17.7. The van der Waals surface area contributed by atoms with Crippen molar-refractivity contribution in [3.63, 3.8) is 0 Å². The Morgan fingerprint density at radius 1 is 1.18 bits per heavy atom. The van der Waals surface area contributed by atoms with E-state index in [1.54, 1.807) is 19.2 Å². The van der Waals surface area contributed by atoms with Crippen LogP contribution >= 0.6 is 0 Å². The van der Waals surface area contributed by atoms with Gasteiger partial charge < -0.3 is 9.64 Å². The highest BCUT2D eigenvalue weighted by Gasteiger charge is 2.32. The van der Waals surface area contributed by atoms with Gasteiger partial charge in [0.1, 0.15) is 11.6 Å². The van der Waals surface area contributed by atoms with Crippen molar-refractivity contribution < 1.29 is 13.9 Å². The van der Waals surface area contributed by atoms with Crippen molar-refractivity contribution in [1.29, 1.82) is 0 Å². The number of rotatable bonds is 5. The maximum Gasteiger partial charge on any atom is 0.239 e. The lowest BCUT2D eigenvalue weighted by Crippen LogP contribution is -2.56. The van der Waals surface area contributed by atoms with E-state index >= 15 is 0 Å². The van der Waals surface area contributed by atoms with Gasteiger partial charge in [-0.15, -0.1) is 0 Å². The molecule has 3 rings (SSSR count). The van der Waals surface area contributed by atoms with Gasteiger partial charge in [0.15, 0.2) is 0 Å². The third-order valence-electron chi connectivity index (χ3n) is 6.13. The van der Waals surface area contributed by atoms with E-state index in [0.717, 1.165) is 50.6 Å². The molecule has 0 radical (unpaired) electrons. The summed E-state index contributed by atoms with van der Waals surface area (Å²) in [5.74, 6) is 1.91. The number of likely N-dealkylation sites (tertiary alicyclic amines) is 1. The Labute approximate surface area is 168 Å². The average molecular weight is 392 g/mol. The molecule has 0 bridgehead atoms. The van der Waals surface area contributed by atoms with E-state index in [9.17, 15) is 9.18 Å². The Balaban J connectivity index is 1.53. The van der Waals surface area contributed by atoms with E-state index in [4.69, 9.17) is 4.74 Å². The summed E-state index contributed by atoms with van der Waals surface area (Å²) >= 11 is 0. The molecule has 0 aromatic heterocycles. The Morgan fingerprint density at radius 2 is 1.82 bits per heavy atom. The molecule has 3 atom stereocenters. The first kappa shape index (κ1) is 21.1. The van der Waals surface area contributed by atoms with Gasteiger partial charge >= 0.3 is 0 Å². The van der Waals surface area contributed by atoms with Crippen LogP contribution in [0.1, 0.15) is 32.8 Å². The number of carbonyl (C=O) groups is 1. The van der Waals surface area contributed by atoms with E-state index in [-0.39, 0.29) is 17.8 Å². The van der Waals surface area contributed by atoms with Crippen LogP contribution in [0.25, 0.3) is 0 Å². The number of ether oxygens (including phenoxy) is 1. The molecule has 6 heteroatoms. The lowest BCUT2D eigenvalue weighted by Gasteiger charge is -2.41. The summed E-state index contributed by atoms with van der Waals surface area (Å²) in [4.78, 5) is 19.6. The van der Waals surface area contributed by atoms with Gasteiger partial charge in [0.25, 0.3) is 0 Å². The zero-order chi connectivity index (χ0) is 20.3. The third kappa shape index (κ3) is 5.03. The van der Waals surface area contributed by atoms with Gasteiger partial charge in [-0.1, -0.05) is 13.8 Å². The number of piperidine rings is 1. The van der Waals surface area contributed by atoms with Gasteiger partial charge in [-0.2, -0.15) is 0 Å². The lowest BCUT2D eigenvalue weighted by molar-refractivity contribution is -0.139. The topological polar surface area (TPSA) is 36.0 Å². The smallest absolute Gasteiger partial charge is 0.239 e. The number of benzene rings is 1. The molecule has 2 aliphatic rings. The fourth-order valence-corrected chi connectivity index (χ4v) is 4.68. The number of methoxy groups -OCH3 is 1. The lowest BCUT2D eigenvalue weighted by atomic mass is 9.91. The van der Waals surface area contributed by atoms with Crippen LogP contribution in [-0.4, -0.2) is 73.0 Å².